The van der Waals surface area contributed by atoms with E-state index in [4.69, 9.17) is 0 Å². The molecule has 2 unspecified atom stereocenters. The van der Waals surface area contributed by atoms with Crippen LogP contribution in [-0.2, 0) is 4.79 Å². The maximum absolute atomic E-state index is 10.9. The summed E-state index contributed by atoms with van der Waals surface area (Å²) in [6, 6.07) is 0. The zero-order chi connectivity index (χ0) is 8.11. The number of hydrogen-bond acceptors (Lipinski definition) is 1. The van der Waals surface area contributed by atoms with Crippen molar-refractivity contribution in [3.05, 3.63) is 0 Å². The van der Waals surface area contributed by atoms with Gasteiger partial charge in [0, 0.05) is 5.41 Å². The highest BCUT2D eigenvalue weighted by atomic mass is 16.1. The molecule has 0 N–H and O–H groups in total. The Balaban J connectivity index is 2.23. The van der Waals surface area contributed by atoms with Crippen LogP contribution >= 0.6 is 0 Å². The Kier molecular flexibility index (Phi) is 1.25. The molecule has 0 amide bonds. The third kappa shape index (κ3) is 0.743. The lowest BCUT2D eigenvalue weighted by molar-refractivity contribution is -0.139. The van der Waals surface area contributed by atoms with E-state index in [2.05, 4.69) is 13.8 Å². The van der Waals surface area contributed by atoms with Crippen molar-refractivity contribution >= 4 is 6.29 Å². The molecule has 0 aromatic carbocycles. The third-order valence-corrected chi connectivity index (χ3v) is 3.79. The van der Waals surface area contributed by atoms with Crippen molar-refractivity contribution in [2.45, 2.75) is 39.5 Å². The second kappa shape index (κ2) is 1.88. The Hall–Kier alpha value is -0.330. The van der Waals surface area contributed by atoms with Gasteiger partial charge in [-0.25, -0.2) is 0 Å². The molecular formula is C10H16O. The molecule has 2 atom stereocenters. The minimum atomic E-state index is 0.128. The Morgan fingerprint density at radius 1 is 1.45 bits per heavy atom. The first-order chi connectivity index (χ1) is 5.11. The topological polar surface area (TPSA) is 17.1 Å². The number of hydrogen-bond donors (Lipinski definition) is 0. The zero-order valence-corrected chi connectivity index (χ0v) is 7.39. The minimum Gasteiger partial charge on any atom is -0.303 e. The van der Waals surface area contributed by atoms with Crippen LogP contribution in [0, 0.1) is 16.7 Å². The van der Waals surface area contributed by atoms with Crippen LogP contribution < -0.4 is 0 Å². The van der Waals surface area contributed by atoms with E-state index in [1.165, 1.54) is 19.1 Å². The Morgan fingerprint density at radius 2 is 2.18 bits per heavy atom. The summed E-state index contributed by atoms with van der Waals surface area (Å²) in [6.45, 7) is 4.59. The maximum Gasteiger partial charge on any atom is 0.126 e. The Morgan fingerprint density at radius 3 is 2.64 bits per heavy atom. The summed E-state index contributed by atoms with van der Waals surface area (Å²) in [5.74, 6) is 0.701. The minimum absolute atomic E-state index is 0.128. The van der Waals surface area contributed by atoms with Crippen molar-refractivity contribution in [3.63, 3.8) is 0 Å². The average Bonchev–Trinajstić information content (AvgIpc) is 2.28. The summed E-state index contributed by atoms with van der Waals surface area (Å²) in [4.78, 5) is 10.9. The number of carbonyl (C=O) groups is 1. The fourth-order valence-electron chi connectivity index (χ4n) is 3.50. The number of carbonyl (C=O) groups excluding carboxylic acids is 1. The Labute approximate surface area is 68.2 Å². The van der Waals surface area contributed by atoms with Crippen LogP contribution in [0.3, 0.4) is 0 Å². The van der Waals surface area contributed by atoms with Gasteiger partial charge in [-0.05, 0) is 30.6 Å². The van der Waals surface area contributed by atoms with Crippen LogP contribution in [0.15, 0.2) is 0 Å². The van der Waals surface area contributed by atoms with Crippen molar-refractivity contribution in [1.82, 2.24) is 0 Å². The third-order valence-electron chi connectivity index (χ3n) is 3.79. The molecule has 2 fully saturated rings. The van der Waals surface area contributed by atoms with Crippen LogP contribution in [0.4, 0.5) is 0 Å². The van der Waals surface area contributed by atoms with Gasteiger partial charge < -0.3 is 4.79 Å². The summed E-state index contributed by atoms with van der Waals surface area (Å²) in [5, 5.41) is 0. The molecule has 1 heteroatoms. The fraction of sp³-hybridized carbons (Fsp3) is 0.900. The number of rotatable bonds is 1. The SMILES string of the molecule is CC1(C)CC2(C=O)CCCC12. The molecule has 2 aliphatic rings. The quantitative estimate of drug-likeness (QED) is 0.527. The van der Waals surface area contributed by atoms with E-state index in [1.54, 1.807) is 0 Å². The van der Waals surface area contributed by atoms with Gasteiger partial charge in [-0.1, -0.05) is 20.3 Å². The first-order valence-corrected chi connectivity index (χ1v) is 4.57. The van der Waals surface area contributed by atoms with E-state index >= 15 is 0 Å². The van der Waals surface area contributed by atoms with Crippen LogP contribution in [0.2, 0.25) is 0 Å². The summed E-state index contributed by atoms with van der Waals surface area (Å²) >= 11 is 0. The number of aldehydes is 1. The second-order valence-corrected chi connectivity index (χ2v) is 4.96. The standard InChI is InChI=1S/C10H16O/c1-9(2)6-10(7-11)5-3-4-8(9)10/h7-8H,3-6H2,1-2H3. The van der Waals surface area contributed by atoms with Crippen molar-refractivity contribution in [2.75, 3.05) is 0 Å². The predicted molar refractivity (Wildman–Crippen MR) is 44.2 cm³/mol. The van der Waals surface area contributed by atoms with Crippen LogP contribution in [0.5, 0.6) is 0 Å². The molecule has 0 spiro atoms. The van der Waals surface area contributed by atoms with Gasteiger partial charge in [-0.15, -0.1) is 0 Å². The van der Waals surface area contributed by atoms with Crippen LogP contribution in [0.1, 0.15) is 39.5 Å². The Bertz CT molecular complexity index is 195. The molecule has 0 aromatic heterocycles. The van der Waals surface area contributed by atoms with Crippen molar-refractivity contribution in [1.29, 1.82) is 0 Å². The molecule has 1 nitrogen and oxygen atoms in total. The summed E-state index contributed by atoms with van der Waals surface area (Å²) in [7, 11) is 0. The molecule has 0 saturated heterocycles. The smallest absolute Gasteiger partial charge is 0.126 e. The molecule has 0 bridgehead atoms. The summed E-state index contributed by atoms with van der Waals surface area (Å²) in [6.07, 6.45) is 6.08. The summed E-state index contributed by atoms with van der Waals surface area (Å²) in [5.41, 5.74) is 0.584. The van der Waals surface area contributed by atoms with Crippen molar-refractivity contribution < 1.29 is 4.79 Å². The van der Waals surface area contributed by atoms with E-state index in [-0.39, 0.29) is 5.41 Å². The van der Waals surface area contributed by atoms with Crippen LogP contribution in [-0.4, -0.2) is 6.29 Å². The van der Waals surface area contributed by atoms with Gasteiger partial charge in [0.05, 0.1) is 0 Å². The maximum atomic E-state index is 10.9. The fourth-order valence-corrected chi connectivity index (χ4v) is 3.50. The van der Waals surface area contributed by atoms with Gasteiger partial charge in [0.25, 0.3) is 0 Å². The largest absolute Gasteiger partial charge is 0.303 e. The highest BCUT2D eigenvalue weighted by molar-refractivity contribution is 5.63. The van der Waals surface area contributed by atoms with Gasteiger partial charge in [0.15, 0.2) is 0 Å². The van der Waals surface area contributed by atoms with E-state index in [0.717, 1.165) is 12.8 Å². The molecule has 0 radical (unpaired) electrons. The molecule has 62 valence electrons. The van der Waals surface area contributed by atoms with E-state index in [9.17, 15) is 4.79 Å². The molecule has 0 heterocycles. The van der Waals surface area contributed by atoms with E-state index in [0.29, 0.717) is 11.3 Å². The molecule has 2 aliphatic carbocycles. The second-order valence-electron chi connectivity index (χ2n) is 4.96. The summed E-state index contributed by atoms with van der Waals surface area (Å²) < 4.78 is 0. The van der Waals surface area contributed by atoms with Gasteiger partial charge in [0.2, 0.25) is 0 Å². The van der Waals surface area contributed by atoms with E-state index < -0.39 is 0 Å². The van der Waals surface area contributed by atoms with Crippen molar-refractivity contribution in [2.24, 2.45) is 16.7 Å². The van der Waals surface area contributed by atoms with E-state index in [1.807, 2.05) is 0 Å². The first kappa shape index (κ1) is 7.33. The van der Waals surface area contributed by atoms with Gasteiger partial charge in [0.1, 0.15) is 6.29 Å². The highest BCUT2D eigenvalue weighted by Gasteiger charge is 2.60. The normalized spacial score (nSPS) is 46.2. The lowest BCUT2D eigenvalue weighted by Crippen LogP contribution is -2.51. The molecule has 11 heavy (non-hydrogen) atoms. The molecule has 0 aliphatic heterocycles. The monoisotopic (exact) mass is 152 g/mol. The lowest BCUT2D eigenvalue weighted by atomic mass is 9.49. The zero-order valence-electron chi connectivity index (χ0n) is 7.39. The van der Waals surface area contributed by atoms with Crippen LogP contribution in [0.25, 0.3) is 0 Å². The number of fused-ring (bicyclic) bond motifs is 1. The van der Waals surface area contributed by atoms with Gasteiger partial charge >= 0.3 is 0 Å². The van der Waals surface area contributed by atoms with Gasteiger partial charge in [-0.2, -0.15) is 0 Å². The molecular weight excluding hydrogens is 136 g/mol. The molecule has 2 rings (SSSR count). The average molecular weight is 152 g/mol. The molecule has 2 saturated carbocycles. The molecule has 0 aromatic rings. The lowest BCUT2D eigenvalue weighted by Gasteiger charge is -2.54. The van der Waals surface area contributed by atoms with Gasteiger partial charge in [-0.3, -0.25) is 0 Å². The first-order valence-electron chi connectivity index (χ1n) is 4.57. The van der Waals surface area contributed by atoms with Crippen molar-refractivity contribution in [3.8, 4) is 0 Å². The highest BCUT2D eigenvalue weighted by Crippen LogP contribution is 2.65. The predicted octanol–water partition coefficient (Wildman–Crippen LogP) is 2.40.